The van der Waals surface area contributed by atoms with E-state index in [1.807, 2.05) is 10.9 Å². The van der Waals surface area contributed by atoms with Gasteiger partial charge in [0, 0.05) is 19.7 Å². The molecule has 76 valence electrons. The van der Waals surface area contributed by atoms with E-state index in [0.29, 0.717) is 5.69 Å². The summed E-state index contributed by atoms with van der Waals surface area (Å²) < 4.78 is 1.90. The predicted octanol–water partition coefficient (Wildman–Crippen LogP) is 2.13. The molecule has 0 bridgehead atoms. The van der Waals surface area contributed by atoms with Crippen LogP contribution in [0, 0.1) is 11.8 Å². The van der Waals surface area contributed by atoms with E-state index >= 15 is 0 Å². The maximum absolute atomic E-state index is 11.0. The second-order valence-electron chi connectivity index (χ2n) is 4.42. The highest BCUT2D eigenvalue weighted by Gasteiger charge is 2.25. The molecular formula is C11H16N2O. The second kappa shape index (κ2) is 3.56. The zero-order valence-corrected chi connectivity index (χ0v) is 8.73. The smallest absolute Gasteiger partial charge is 0.179 e. The van der Waals surface area contributed by atoms with Gasteiger partial charge in [0.1, 0.15) is 5.69 Å². The normalized spacial score (nSPS) is 25.9. The van der Waals surface area contributed by atoms with Crippen molar-refractivity contribution in [2.24, 2.45) is 11.8 Å². The molecule has 1 aliphatic rings. The molecule has 0 amide bonds. The molecule has 1 aromatic rings. The lowest BCUT2D eigenvalue weighted by atomic mass is 9.76. The van der Waals surface area contributed by atoms with Crippen LogP contribution < -0.4 is 0 Å². The van der Waals surface area contributed by atoms with E-state index in [1.54, 1.807) is 13.0 Å². The number of hydrogen-bond acceptors (Lipinski definition) is 2. The van der Waals surface area contributed by atoms with E-state index in [2.05, 4.69) is 12.0 Å². The monoisotopic (exact) mass is 192 g/mol. The molecule has 0 aromatic carbocycles. The fourth-order valence-corrected chi connectivity index (χ4v) is 2.13. The highest BCUT2D eigenvalue weighted by molar-refractivity contribution is 5.91. The van der Waals surface area contributed by atoms with Gasteiger partial charge in [0.25, 0.3) is 0 Å². The van der Waals surface area contributed by atoms with Crippen LogP contribution in [0.2, 0.25) is 0 Å². The summed E-state index contributed by atoms with van der Waals surface area (Å²) in [5.41, 5.74) is 0.581. The summed E-state index contributed by atoms with van der Waals surface area (Å²) in [7, 11) is 0. The summed E-state index contributed by atoms with van der Waals surface area (Å²) in [6, 6.07) is 1.80. The van der Waals surface area contributed by atoms with E-state index in [9.17, 15) is 4.79 Å². The van der Waals surface area contributed by atoms with Crippen LogP contribution in [-0.4, -0.2) is 15.6 Å². The zero-order chi connectivity index (χ0) is 10.1. The van der Waals surface area contributed by atoms with Crippen molar-refractivity contribution < 1.29 is 4.79 Å². The molecule has 3 heteroatoms. The Hall–Kier alpha value is -1.12. The summed E-state index contributed by atoms with van der Waals surface area (Å²) in [6.45, 7) is 4.80. The minimum Gasteiger partial charge on any atom is -0.293 e. The molecule has 0 saturated heterocycles. The van der Waals surface area contributed by atoms with Crippen LogP contribution in [0.25, 0.3) is 0 Å². The predicted molar refractivity (Wildman–Crippen MR) is 54.1 cm³/mol. The molecule has 3 nitrogen and oxygen atoms in total. The molecule has 0 radical (unpaired) electrons. The van der Waals surface area contributed by atoms with E-state index in [4.69, 9.17) is 0 Å². The van der Waals surface area contributed by atoms with Crippen molar-refractivity contribution in [1.29, 1.82) is 0 Å². The zero-order valence-electron chi connectivity index (χ0n) is 8.73. The quantitative estimate of drug-likeness (QED) is 0.688. The fourth-order valence-electron chi connectivity index (χ4n) is 2.13. The molecule has 1 saturated carbocycles. The molecule has 0 unspecified atom stereocenters. The van der Waals surface area contributed by atoms with E-state index in [-0.39, 0.29) is 5.78 Å². The van der Waals surface area contributed by atoms with Gasteiger partial charge in [-0.25, -0.2) is 0 Å². The number of hydrogen-bond donors (Lipinski definition) is 0. The van der Waals surface area contributed by atoms with Gasteiger partial charge in [-0.2, -0.15) is 5.10 Å². The Morgan fingerprint density at radius 3 is 2.86 bits per heavy atom. The van der Waals surface area contributed by atoms with E-state index < -0.39 is 0 Å². The van der Waals surface area contributed by atoms with Gasteiger partial charge >= 0.3 is 0 Å². The van der Waals surface area contributed by atoms with Gasteiger partial charge in [-0.1, -0.05) is 6.92 Å². The van der Waals surface area contributed by atoms with Crippen LogP contribution in [-0.2, 0) is 6.54 Å². The third kappa shape index (κ3) is 1.86. The molecule has 14 heavy (non-hydrogen) atoms. The maximum Gasteiger partial charge on any atom is 0.179 e. The van der Waals surface area contributed by atoms with E-state index in [1.165, 1.54) is 12.8 Å². The lowest BCUT2D eigenvalue weighted by Crippen LogP contribution is -2.25. The Morgan fingerprint density at radius 1 is 1.64 bits per heavy atom. The number of Topliss-reactive ketones (excluding diaryl/α,β-unsaturated/α-hetero) is 1. The van der Waals surface area contributed by atoms with Crippen molar-refractivity contribution >= 4 is 5.78 Å². The van der Waals surface area contributed by atoms with Crippen molar-refractivity contribution in [2.75, 3.05) is 0 Å². The molecule has 0 spiro atoms. The largest absolute Gasteiger partial charge is 0.293 e. The Kier molecular flexibility index (Phi) is 2.40. The van der Waals surface area contributed by atoms with Crippen molar-refractivity contribution in [3.8, 4) is 0 Å². The molecule has 0 N–H and O–H groups in total. The first-order chi connectivity index (χ1) is 6.65. The molecule has 1 heterocycles. The van der Waals surface area contributed by atoms with E-state index in [0.717, 1.165) is 18.4 Å². The Balaban J connectivity index is 1.93. The number of carbonyl (C=O) groups is 1. The average Bonchev–Trinajstić information content (AvgIpc) is 2.50. The van der Waals surface area contributed by atoms with Crippen LogP contribution in [0.4, 0.5) is 0 Å². The van der Waals surface area contributed by atoms with Gasteiger partial charge in [-0.15, -0.1) is 0 Å². The van der Waals surface area contributed by atoms with Gasteiger partial charge in [0.15, 0.2) is 5.78 Å². The summed E-state index contributed by atoms with van der Waals surface area (Å²) in [5, 5.41) is 4.22. The molecule has 0 atom stereocenters. The van der Waals surface area contributed by atoms with Crippen LogP contribution in [0.3, 0.4) is 0 Å². The lowest BCUT2D eigenvalue weighted by Gasteiger charge is -2.32. The average molecular weight is 192 g/mol. The summed E-state index contributed by atoms with van der Waals surface area (Å²) in [5.74, 6) is 1.69. The summed E-state index contributed by atoms with van der Waals surface area (Å²) >= 11 is 0. The fraction of sp³-hybridized carbons (Fsp3) is 0.636. The van der Waals surface area contributed by atoms with Gasteiger partial charge in [0.05, 0.1) is 0 Å². The first-order valence-corrected chi connectivity index (χ1v) is 5.19. The lowest BCUT2D eigenvalue weighted by molar-refractivity contribution is 0.101. The van der Waals surface area contributed by atoms with Gasteiger partial charge < -0.3 is 0 Å². The maximum atomic E-state index is 11.0. The van der Waals surface area contributed by atoms with Crippen LogP contribution in [0.5, 0.6) is 0 Å². The Morgan fingerprint density at radius 2 is 2.36 bits per heavy atom. The van der Waals surface area contributed by atoms with Crippen molar-refractivity contribution in [1.82, 2.24) is 9.78 Å². The van der Waals surface area contributed by atoms with Crippen LogP contribution >= 0.6 is 0 Å². The number of carbonyl (C=O) groups excluding carboxylic acids is 1. The topological polar surface area (TPSA) is 34.9 Å². The standard InChI is InChI=1S/C11H16N2O/c1-8-5-10(6-8)7-13-4-3-11(12-13)9(2)14/h3-4,8,10H,5-7H2,1-2H3. The molecule has 1 aromatic heterocycles. The molecule has 0 aliphatic heterocycles. The SMILES string of the molecule is CC(=O)c1ccn(CC2CC(C)C2)n1. The van der Waals surface area contributed by atoms with Gasteiger partial charge in [0.2, 0.25) is 0 Å². The first-order valence-electron chi connectivity index (χ1n) is 5.19. The molecule has 1 fully saturated rings. The molecule has 2 rings (SSSR count). The third-order valence-corrected chi connectivity index (χ3v) is 2.92. The number of ketones is 1. The van der Waals surface area contributed by atoms with Crippen molar-refractivity contribution in [3.05, 3.63) is 18.0 Å². The number of rotatable bonds is 3. The molecule has 1 aliphatic carbocycles. The summed E-state index contributed by atoms with van der Waals surface area (Å²) in [6.07, 6.45) is 4.50. The summed E-state index contributed by atoms with van der Waals surface area (Å²) in [4.78, 5) is 11.0. The number of aromatic nitrogens is 2. The minimum absolute atomic E-state index is 0.0470. The Labute approximate surface area is 84.1 Å². The van der Waals surface area contributed by atoms with Gasteiger partial charge in [-0.05, 0) is 30.7 Å². The molecular weight excluding hydrogens is 176 g/mol. The Bertz CT molecular complexity index is 337. The van der Waals surface area contributed by atoms with Crippen LogP contribution in [0.15, 0.2) is 12.3 Å². The van der Waals surface area contributed by atoms with Crippen molar-refractivity contribution in [3.63, 3.8) is 0 Å². The van der Waals surface area contributed by atoms with Crippen molar-refractivity contribution in [2.45, 2.75) is 33.2 Å². The number of nitrogens with zero attached hydrogens (tertiary/aromatic N) is 2. The van der Waals surface area contributed by atoms with Crippen LogP contribution in [0.1, 0.15) is 37.2 Å². The highest BCUT2D eigenvalue weighted by atomic mass is 16.1. The minimum atomic E-state index is 0.0470. The van der Waals surface area contributed by atoms with Gasteiger partial charge in [-0.3, -0.25) is 9.48 Å². The third-order valence-electron chi connectivity index (χ3n) is 2.92. The first kappa shape index (κ1) is 9.44. The highest BCUT2D eigenvalue weighted by Crippen LogP contribution is 2.33. The second-order valence-corrected chi connectivity index (χ2v) is 4.42.